The fourth-order valence-corrected chi connectivity index (χ4v) is 1.92. The average Bonchev–Trinajstić information content (AvgIpc) is 2.37. The van der Waals surface area contributed by atoms with Crippen LogP contribution in [0.25, 0.3) is 0 Å². The minimum atomic E-state index is -0.670. The Morgan fingerprint density at radius 3 is 2.24 bits per heavy atom. The van der Waals surface area contributed by atoms with Gasteiger partial charge in [-0.1, -0.05) is 40.5 Å². The molecule has 0 spiro atoms. The first-order valence-electron chi connectivity index (χ1n) is 6.82. The Labute approximate surface area is 106 Å². The highest BCUT2D eigenvalue weighted by molar-refractivity contribution is 5.79. The summed E-state index contributed by atoms with van der Waals surface area (Å²) in [6.45, 7) is 8.05. The summed E-state index contributed by atoms with van der Waals surface area (Å²) in [6, 6.07) is 2.25. The van der Waals surface area contributed by atoms with Gasteiger partial charge in [-0.3, -0.25) is 4.79 Å². The van der Waals surface area contributed by atoms with Crippen LogP contribution in [0.2, 0.25) is 0 Å². The molecule has 0 aliphatic rings. The molecule has 0 saturated carbocycles. The lowest BCUT2D eigenvalue weighted by molar-refractivity contribution is -0.126. The fourth-order valence-electron chi connectivity index (χ4n) is 1.92. The normalized spacial score (nSPS) is 12.9. The topological polar surface area (TPSA) is 52.9 Å². The second kappa shape index (κ2) is 8.11. The van der Waals surface area contributed by atoms with Gasteiger partial charge < -0.3 is 5.32 Å². The van der Waals surface area contributed by atoms with E-state index in [9.17, 15) is 10.1 Å². The third-order valence-corrected chi connectivity index (χ3v) is 3.55. The second-order valence-corrected chi connectivity index (χ2v) is 4.64. The van der Waals surface area contributed by atoms with E-state index in [1.807, 2.05) is 20.8 Å². The number of nitrogens with one attached hydrogen (secondary N) is 1. The van der Waals surface area contributed by atoms with Crippen LogP contribution in [-0.2, 0) is 4.79 Å². The van der Waals surface area contributed by atoms with Crippen molar-refractivity contribution in [1.29, 1.82) is 5.26 Å². The number of hydrogen-bond donors (Lipinski definition) is 1. The maximum atomic E-state index is 12.1. The Hall–Kier alpha value is -1.04. The Kier molecular flexibility index (Phi) is 7.61. The Bertz CT molecular complexity index is 264. The first-order valence-corrected chi connectivity index (χ1v) is 6.82. The predicted molar refractivity (Wildman–Crippen MR) is 70.4 cm³/mol. The van der Waals surface area contributed by atoms with Gasteiger partial charge in [0, 0.05) is 5.92 Å². The quantitative estimate of drug-likeness (QED) is 0.704. The van der Waals surface area contributed by atoms with Crippen molar-refractivity contribution in [3.8, 4) is 6.07 Å². The highest BCUT2D eigenvalue weighted by atomic mass is 16.2. The van der Waals surface area contributed by atoms with Crippen LogP contribution in [0.3, 0.4) is 0 Å². The van der Waals surface area contributed by atoms with Gasteiger partial charge in [-0.15, -0.1) is 0 Å². The number of nitriles is 1. The van der Waals surface area contributed by atoms with Crippen molar-refractivity contribution in [2.45, 2.75) is 71.8 Å². The van der Waals surface area contributed by atoms with Gasteiger partial charge in [-0.25, -0.2) is 0 Å². The molecule has 0 aliphatic carbocycles. The second-order valence-electron chi connectivity index (χ2n) is 4.64. The average molecular weight is 238 g/mol. The SMILES string of the molecule is CCCCC(CC)C(=O)NC(C#N)(CC)CC. The van der Waals surface area contributed by atoms with Crippen molar-refractivity contribution in [2.75, 3.05) is 0 Å². The van der Waals surface area contributed by atoms with Gasteiger partial charge in [0.1, 0.15) is 5.54 Å². The summed E-state index contributed by atoms with van der Waals surface area (Å²) in [7, 11) is 0. The van der Waals surface area contributed by atoms with Crippen molar-refractivity contribution < 1.29 is 4.79 Å². The van der Waals surface area contributed by atoms with Gasteiger partial charge in [0.15, 0.2) is 0 Å². The molecule has 1 unspecified atom stereocenters. The minimum Gasteiger partial charge on any atom is -0.338 e. The third-order valence-electron chi connectivity index (χ3n) is 3.55. The summed E-state index contributed by atoms with van der Waals surface area (Å²) in [5, 5.41) is 12.1. The molecule has 0 bridgehead atoms. The monoisotopic (exact) mass is 238 g/mol. The van der Waals surface area contributed by atoms with Gasteiger partial charge >= 0.3 is 0 Å². The highest BCUT2D eigenvalue weighted by Gasteiger charge is 2.30. The number of nitrogens with zero attached hydrogens (tertiary/aromatic N) is 1. The Morgan fingerprint density at radius 1 is 1.29 bits per heavy atom. The first-order chi connectivity index (χ1) is 8.09. The molecule has 1 N–H and O–H groups in total. The van der Waals surface area contributed by atoms with Crippen molar-refractivity contribution in [3.05, 3.63) is 0 Å². The van der Waals surface area contributed by atoms with Crippen molar-refractivity contribution in [3.63, 3.8) is 0 Å². The van der Waals surface area contributed by atoms with Crippen LogP contribution in [0, 0.1) is 17.2 Å². The van der Waals surface area contributed by atoms with Crippen molar-refractivity contribution >= 4 is 5.91 Å². The molecule has 0 aromatic heterocycles. The lowest BCUT2D eigenvalue weighted by atomic mass is 9.91. The largest absolute Gasteiger partial charge is 0.338 e. The Morgan fingerprint density at radius 2 is 1.88 bits per heavy atom. The minimum absolute atomic E-state index is 0.0474. The first kappa shape index (κ1) is 16.0. The van der Waals surface area contributed by atoms with E-state index in [0.29, 0.717) is 12.8 Å². The summed E-state index contributed by atoms with van der Waals surface area (Å²) in [6.07, 6.45) is 5.28. The van der Waals surface area contributed by atoms with E-state index >= 15 is 0 Å². The van der Waals surface area contributed by atoms with E-state index < -0.39 is 5.54 Å². The molecule has 17 heavy (non-hydrogen) atoms. The van der Waals surface area contributed by atoms with Crippen LogP contribution in [0.15, 0.2) is 0 Å². The molecule has 3 nitrogen and oxygen atoms in total. The summed E-state index contributed by atoms with van der Waals surface area (Å²) in [4.78, 5) is 12.1. The fraction of sp³-hybridized carbons (Fsp3) is 0.857. The summed E-state index contributed by atoms with van der Waals surface area (Å²) in [5.74, 6) is 0.104. The van der Waals surface area contributed by atoms with Crippen LogP contribution in [0.5, 0.6) is 0 Å². The molecule has 0 radical (unpaired) electrons. The molecule has 0 rings (SSSR count). The zero-order valence-electron chi connectivity index (χ0n) is 11.7. The molecular weight excluding hydrogens is 212 g/mol. The zero-order valence-corrected chi connectivity index (χ0v) is 11.7. The van der Waals surface area contributed by atoms with E-state index in [1.54, 1.807) is 0 Å². The highest BCUT2D eigenvalue weighted by Crippen LogP contribution is 2.18. The van der Waals surface area contributed by atoms with E-state index in [0.717, 1.165) is 25.7 Å². The lowest BCUT2D eigenvalue weighted by Crippen LogP contribution is -2.48. The van der Waals surface area contributed by atoms with Crippen LogP contribution >= 0.6 is 0 Å². The number of unbranched alkanes of at least 4 members (excludes halogenated alkanes) is 1. The summed E-state index contributed by atoms with van der Waals surface area (Å²) in [5.41, 5.74) is -0.670. The van der Waals surface area contributed by atoms with Gasteiger partial charge in [0.25, 0.3) is 0 Å². The molecule has 0 heterocycles. The van der Waals surface area contributed by atoms with Gasteiger partial charge in [-0.2, -0.15) is 5.26 Å². The standard InChI is InChI=1S/C14H26N2O/c1-5-9-10-12(6-2)13(17)16-14(7-3,8-4)11-15/h12H,5-10H2,1-4H3,(H,16,17). The molecule has 0 saturated heterocycles. The molecule has 0 aliphatic heterocycles. The van der Waals surface area contributed by atoms with E-state index in [4.69, 9.17) is 0 Å². The molecule has 3 heteroatoms. The van der Waals surface area contributed by atoms with Crippen LogP contribution in [-0.4, -0.2) is 11.4 Å². The van der Waals surface area contributed by atoms with Crippen LogP contribution in [0.1, 0.15) is 66.2 Å². The Balaban J connectivity index is 4.53. The smallest absolute Gasteiger partial charge is 0.224 e. The molecule has 1 atom stereocenters. The van der Waals surface area contributed by atoms with Gasteiger partial charge in [-0.05, 0) is 25.7 Å². The summed E-state index contributed by atoms with van der Waals surface area (Å²) >= 11 is 0. The van der Waals surface area contributed by atoms with E-state index in [1.165, 1.54) is 0 Å². The lowest BCUT2D eigenvalue weighted by Gasteiger charge is -2.27. The van der Waals surface area contributed by atoms with Crippen LogP contribution in [0.4, 0.5) is 0 Å². The maximum Gasteiger partial charge on any atom is 0.224 e. The maximum absolute atomic E-state index is 12.1. The molecular formula is C14H26N2O. The third kappa shape index (κ3) is 4.77. The molecule has 0 fully saturated rings. The number of rotatable bonds is 8. The van der Waals surface area contributed by atoms with Gasteiger partial charge in [0.2, 0.25) is 5.91 Å². The van der Waals surface area contributed by atoms with Crippen molar-refractivity contribution in [2.24, 2.45) is 5.92 Å². The number of carbonyl (C=O) groups is 1. The zero-order chi connectivity index (χ0) is 13.3. The molecule has 1 amide bonds. The number of carbonyl (C=O) groups excluding carboxylic acids is 1. The van der Waals surface area contributed by atoms with E-state index in [-0.39, 0.29) is 11.8 Å². The van der Waals surface area contributed by atoms with E-state index in [2.05, 4.69) is 18.3 Å². The molecule has 0 aromatic rings. The van der Waals surface area contributed by atoms with Crippen LogP contribution < -0.4 is 5.32 Å². The predicted octanol–water partition coefficient (Wildman–Crippen LogP) is 3.40. The molecule has 98 valence electrons. The van der Waals surface area contributed by atoms with Crippen molar-refractivity contribution in [1.82, 2.24) is 5.32 Å². The summed E-state index contributed by atoms with van der Waals surface area (Å²) < 4.78 is 0. The number of hydrogen-bond acceptors (Lipinski definition) is 2. The number of amides is 1. The molecule has 0 aromatic carbocycles. The van der Waals surface area contributed by atoms with Gasteiger partial charge in [0.05, 0.1) is 6.07 Å².